The first-order chi connectivity index (χ1) is 21.4. The summed E-state index contributed by atoms with van der Waals surface area (Å²) in [4.78, 5) is 43.5. The molecule has 45 heavy (non-hydrogen) atoms. The molecule has 0 saturated heterocycles. The van der Waals surface area contributed by atoms with Gasteiger partial charge < -0.3 is 35.5 Å². The van der Waals surface area contributed by atoms with E-state index in [-0.39, 0.29) is 41.6 Å². The molecule has 0 aromatic heterocycles. The van der Waals surface area contributed by atoms with Gasteiger partial charge in [-0.05, 0) is 104 Å². The minimum absolute atomic E-state index is 0.0640. The molecule has 4 aliphatic carbocycles. The van der Waals surface area contributed by atoms with Crippen LogP contribution in [0.5, 0.6) is 5.75 Å². The number of aryl methyl sites for hydroxylation is 1. The first-order valence-corrected chi connectivity index (χ1v) is 17.9. The third-order valence-corrected chi connectivity index (χ3v) is 11.5. The van der Waals surface area contributed by atoms with E-state index >= 15 is 0 Å². The van der Waals surface area contributed by atoms with Crippen LogP contribution in [0.4, 0.5) is 0 Å². The van der Waals surface area contributed by atoms with E-state index in [9.17, 15) is 29.0 Å². The maximum absolute atomic E-state index is 12.7. The number of rotatable bonds is 12. The van der Waals surface area contributed by atoms with Crippen molar-refractivity contribution in [2.75, 3.05) is 26.8 Å². The Balaban J connectivity index is 1.02. The Hall–Kier alpha value is -2.05. The molecular weight excluding hydrogens is 601 g/mol. The van der Waals surface area contributed by atoms with Crippen molar-refractivity contribution in [1.29, 1.82) is 0 Å². The van der Waals surface area contributed by atoms with Gasteiger partial charge in [0.15, 0.2) is 0 Å². The standard InChI is InChI=1S/C32H50N3O9P/c1-32-14-12-22-21-7-5-20(44-45(39,40)41)18-19(21)4-6-23(22)24(32)8-11-27(32)43-17-13-28(36)34-15-3-16-35-31(38)29-26(42-2)10-9-25(33)30(29)37/h5,7,18,22-27,29-30,37H,3-4,6,8-17,33H2,1-2H3,(H,34,36)(H,35,38)(H2,39,40,41). The van der Waals surface area contributed by atoms with Crippen LogP contribution in [-0.4, -0.2) is 77.9 Å². The molecule has 2 amide bonds. The van der Waals surface area contributed by atoms with Gasteiger partial charge in [-0.2, -0.15) is 0 Å². The normalized spacial score (nSPS) is 34.3. The molecule has 1 aromatic carbocycles. The van der Waals surface area contributed by atoms with Crippen LogP contribution in [0.15, 0.2) is 18.2 Å². The van der Waals surface area contributed by atoms with Gasteiger partial charge in [-0.1, -0.05) is 13.0 Å². The molecule has 3 saturated carbocycles. The summed E-state index contributed by atoms with van der Waals surface area (Å²) < 4.78 is 27.9. The summed E-state index contributed by atoms with van der Waals surface area (Å²) in [6.45, 7) is 3.52. The van der Waals surface area contributed by atoms with Crippen LogP contribution in [0, 0.1) is 23.2 Å². The monoisotopic (exact) mass is 651 g/mol. The van der Waals surface area contributed by atoms with E-state index in [0.717, 1.165) is 44.1 Å². The number of hydrogen-bond acceptors (Lipinski definition) is 8. The Morgan fingerprint density at radius 3 is 2.62 bits per heavy atom. The van der Waals surface area contributed by atoms with E-state index in [2.05, 4.69) is 17.6 Å². The second-order valence-corrected chi connectivity index (χ2v) is 14.8. The lowest BCUT2D eigenvalue weighted by atomic mass is 9.55. The van der Waals surface area contributed by atoms with Crippen molar-refractivity contribution in [2.24, 2.45) is 28.9 Å². The highest BCUT2D eigenvalue weighted by molar-refractivity contribution is 7.46. The molecule has 12 nitrogen and oxygen atoms in total. The van der Waals surface area contributed by atoms with E-state index in [0.29, 0.717) is 56.7 Å². The summed E-state index contributed by atoms with van der Waals surface area (Å²) in [6.07, 6.45) is 6.97. The fourth-order valence-electron chi connectivity index (χ4n) is 8.79. The third-order valence-electron chi connectivity index (χ3n) is 11.1. The van der Waals surface area contributed by atoms with Gasteiger partial charge in [0.2, 0.25) is 11.8 Å². The highest BCUT2D eigenvalue weighted by atomic mass is 31.2. The molecule has 0 heterocycles. The lowest BCUT2D eigenvalue weighted by molar-refractivity contribution is -0.140. The molecule has 0 aliphatic heterocycles. The molecular formula is C32H50N3O9P. The number of fused-ring (bicyclic) bond motifs is 5. The quantitative estimate of drug-likeness (QED) is 0.145. The number of methoxy groups -OCH3 is 1. The molecule has 5 rings (SSSR count). The van der Waals surface area contributed by atoms with Gasteiger partial charge in [-0.15, -0.1) is 0 Å². The molecule has 0 spiro atoms. The largest absolute Gasteiger partial charge is 0.524 e. The van der Waals surface area contributed by atoms with Gasteiger partial charge in [0.25, 0.3) is 0 Å². The second kappa shape index (κ2) is 14.4. The van der Waals surface area contributed by atoms with Crippen molar-refractivity contribution >= 4 is 19.6 Å². The van der Waals surface area contributed by atoms with Gasteiger partial charge in [0.1, 0.15) is 5.75 Å². The minimum atomic E-state index is -4.59. The number of nitrogens with one attached hydrogen (secondary N) is 2. The molecule has 3 fully saturated rings. The maximum Gasteiger partial charge on any atom is 0.524 e. The van der Waals surface area contributed by atoms with Crippen LogP contribution < -0.4 is 20.9 Å². The average Bonchev–Trinajstić information content (AvgIpc) is 3.33. The Kier molecular flexibility index (Phi) is 11.0. The van der Waals surface area contributed by atoms with E-state index in [4.69, 9.17) is 19.7 Å². The topological polar surface area (TPSA) is 190 Å². The number of benzene rings is 1. The Bertz CT molecular complexity index is 1260. The molecule has 7 N–H and O–H groups in total. The maximum atomic E-state index is 12.7. The predicted molar refractivity (Wildman–Crippen MR) is 166 cm³/mol. The zero-order chi connectivity index (χ0) is 32.4. The second-order valence-electron chi connectivity index (χ2n) is 13.6. The Morgan fingerprint density at radius 1 is 1.09 bits per heavy atom. The molecule has 9 unspecified atom stereocenters. The van der Waals surface area contributed by atoms with Crippen LogP contribution in [0.3, 0.4) is 0 Å². The number of nitrogens with two attached hydrogens (primary N) is 1. The number of hydrogen-bond donors (Lipinski definition) is 6. The zero-order valence-electron chi connectivity index (χ0n) is 26.4. The van der Waals surface area contributed by atoms with Crippen LogP contribution in [0.2, 0.25) is 0 Å². The first kappa shape index (κ1) is 34.3. The molecule has 4 aliphatic rings. The Morgan fingerprint density at radius 2 is 1.87 bits per heavy atom. The van der Waals surface area contributed by atoms with Crippen molar-refractivity contribution in [3.63, 3.8) is 0 Å². The van der Waals surface area contributed by atoms with Crippen molar-refractivity contribution in [2.45, 2.75) is 101 Å². The number of phosphoric acid groups is 1. The summed E-state index contributed by atoms with van der Waals surface area (Å²) in [5, 5.41) is 16.1. The van der Waals surface area contributed by atoms with Gasteiger partial charge in [0.05, 0.1) is 30.8 Å². The van der Waals surface area contributed by atoms with Crippen molar-refractivity contribution in [3.05, 3.63) is 29.3 Å². The van der Waals surface area contributed by atoms with Gasteiger partial charge in [-0.25, -0.2) is 4.57 Å². The van der Waals surface area contributed by atoms with E-state index < -0.39 is 25.9 Å². The van der Waals surface area contributed by atoms with E-state index in [1.807, 2.05) is 6.07 Å². The molecule has 0 radical (unpaired) electrons. The molecule has 252 valence electrons. The van der Waals surface area contributed by atoms with Gasteiger partial charge >= 0.3 is 7.82 Å². The van der Waals surface area contributed by atoms with Crippen molar-refractivity contribution in [3.8, 4) is 5.75 Å². The average molecular weight is 652 g/mol. The van der Waals surface area contributed by atoms with Gasteiger partial charge in [0, 0.05) is 32.7 Å². The fraction of sp³-hybridized carbons (Fsp3) is 0.750. The predicted octanol–water partition coefficient (Wildman–Crippen LogP) is 2.53. The van der Waals surface area contributed by atoms with Crippen LogP contribution >= 0.6 is 7.82 Å². The number of ether oxygens (including phenoxy) is 2. The van der Waals surface area contributed by atoms with Crippen molar-refractivity contribution < 1.29 is 43.0 Å². The summed E-state index contributed by atoms with van der Waals surface area (Å²) in [5.41, 5.74) is 8.41. The summed E-state index contributed by atoms with van der Waals surface area (Å²) in [7, 11) is -3.05. The van der Waals surface area contributed by atoms with Crippen LogP contribution in [-0.2, 0) is 30.0 Å². The minimum Gasteiger partial charge on any atom is -0.404 e. The molecule has 9 atom stereocenters. The molecule has 0 bridgehead atoms. The first-order valence-electron chi connectivity index (χ1n) is 16.4. The van der Waals surface area contributed by atoms with Crippen molar-refractivity contribution in [1.82, 2.24) is 10.6 Å². The van der Waals surface area contributed by atoms with Gasteiger partial charge in [-0.3, -0.25) is 19.4 Å². The number of carbonyl (C=O) groups excluding carboxylic acids is 2. The highest BCUT2D eigenvalue weighted by Crippen LogP contribution is 2.61. The SMILES string of the molecule is COC1CCC(N)C(O)C1C(=O)NCCCNC(=O)CCOC1CCC2C3CCc4cc(OP(=O)(O)O)ccc4C3CCC12C. The van der Waals surface area contributed by atoms with Crippen LogP contribution in [0.25, 0.3) is 0 Å². The number of aliphatic hydroxyl groups excluding tert-OH is 1. The molecule has 13 heteroatoms. The number of phosphoric ester groups is 1. The van der Waals surface area contributed by atoms with E-state index in [1.54, 1.807) is 12.1 Å². The summed E-state index contributed by atoms with van der Waals surface area (Å²) in [5.74, 6) is 0.669. The third kappa shape index (κ3) is 7.75. The summed E-state index contributed by atoms with van der Waals surface area (Å²) >= 11 is 0. The summed E-state index contributed by atoms with van der Waals surface area (Å²) in [6, 6.07) is 5.01. The number of carbonyl (C=O) groups is 2. The van der Waals surface area contributed by atoms with Crippen LogP contribution in [0.1, 0.15) is 81.8 Å². The number of amides is 2. The lowest BCUT2D eigenvalue weighted by Crippen LogP contribution is -2.55. The Labute approximate surface area is 265 Å². The van der Waals surface area contributed by atoms with E-state index in [1.165, 1.54) is 12.7 Å². The zero-order valence-corrected chi connectivity index (χ0v) is 27.3. The number of aliphatic hydroxyl groups is 1. The lowest BCUT2D eigenvalue weighted by Gasteiger charge is -2.50. The molecule has 1 aromatic rings. The highest BCUT2D eigenvalue weighted by Gasteiger charge is 2.55. The smallest absolute Gasteiger partial charge is 0.404 e. The fourth-order valence-corrected chi connectivity index (χ4v) is 9.18.